The van der Waals surface area contributed by atoms with Crippen molar-refractivity contribution in [2.75, 3.05) is 11.9 Å². The molecule has 9 nitrogen and oxygen atoms in total. The molecule has 0 radical (unpaired) electrons. The smallest absolute Gasteiger partial charge is 0.258 e. The van der Waals surface area contributed by atoms with Crippen LogP contribution in [0.3, 0.4) is 0 Å². The Morgan fingerprint density at radius 3 is 2.76 bits per heavy atom. The molecule has 0 saturated carbocycles. The Labute approximate surface area is 125 Å². The standard InChI is InChI=1S/C11H12ClN9/c1-19(4-8-3-14-20(2)5-8)10-16-9(12)17-11(18-10)21-7-13-6-15-21/h3,5-7H,4H2,1-2H3. The Morgan fingerprint density at radius 1 is 1.24 bits per heavy atom. The van der Waals surface area contributed by atoms with Crippen molar-refractivity contribution in [2.45, 2.75) is 6.54 Å². The summed E-state index contributed by atoms with van der Waals surface area (Å²) in [7, 11) is 3.73. The van der Waals surface area contributed by atoms with Gasteiger partial charge in [-0.05, 0) is 11.6 Å². The van der Waals surface area contributed by atoms with Crippen LogP contribution in [-0.4, -0.2) is 46.5 Å². The van der Waals surface area contributed by atoms with Crippen LogP contribution in [0.4, 0.5) is 5.95 Å². The lowest BCUT2D eigenvalue weighted by Crippen LogP contribution is -2.20. The van der Waals surface area contributed by atoms with Gasteiger partial charge in [0.15, 0.2) is 0 Å². The molecular weight excluding hydrogens is 294 g/mol. The lowest BCUT2D eigenvalue weighted by molar-refractivity contribution is 0.763. The van der Waals surface area contributed by atoms with E-state index < -0.39 is 0 Å². The van der Waals surface area contributed by atoms with Gasteiger partial charge in [0.25, 0.3) is 5.95 Å². The van der Waals surface area contributed by atoms with Crippen LogP contribution in [0.5, 0.6) is 0 Å². The van der Waals surface area contributed by atoms with Crippen LogP contribution in [0.15, 0.2) is 25.0 Å². The maximum absolute atomic E-state index is 5.95. The lowest BCUT2D eigenvalue weighted by atomic mass is 10.3. The molecule has 10 heteroatoms. The monoisotopic (exact) mass is 305 g/mol. The summed E-state index contributed by atoms with van der Waals surface area (Å²) in [4.78, 5) is 18.2. The SMILES string of the molecule is CN(Cc1cnn(C)c1)c1nc(Cl)nc(-n2cncn2)n1. The molecule has 0 unspecified atom stereocenters. The Hall–Kier alpha value is -2.55. The van der Waals surface area contributed by atoms with Crippen molar-refractivity contribution in [1.82, 2.24) is 39.5 Å². The average molecular weight is 306 g/mol. The van der Waals surface area contributed by atoms with Gasteiger partial charge in [0, 0.05) is 32.4 Å². The van der Waals surface area contributed by atoms with Crippen molar-refractivity contribution in [3.05, 3.63) is 35.9 Å². The fraction of sp³-hybridized carbons (Fsp3) is 0.273. The minimum Gasteiger partial charge on any atom is -0.339 e. The first-order valence-electron chi connectivity index (χ1n) is 6.07. The van der Waals surface area contributed by atoms with Gasteiger partial charge in [-0.1, -0.05) is 0 Å². The third kappa shape index (κ3) is 2.97. The summed E-state index contributed by atoms with van der Waals surface area (Å²) >= 11 is 5.95. The fourth-order valence-electron chi connectivity index (χ4n) is 1.81. The number of hydrogen-bond acceptors (Lipinski definition) is 7. The predicted octanol–water partition coefficient (Wildman–Crippen LogP) is 0.476. The zero-order valence-corrected chi connectivity index (χ0v) is 12.2. The first-order valence-corrected chi connectivity index (χ1v) is 6.45. The van der Waals surface area contributed by atoms with Crippen LogP contribution in [0.1, 0.15) is 5.56 Å². The van der Waals surface area contributed by atoms with Crippen molar-refractivity contribution in [3.8, 4) is 5.95 Å². The summed E-state index contributed by atoms with van der Waals surface area (Å²) in [6.45, 7) is 0.602. The Balaban J connectivity index is 1.87. The molecule has 0 fully saturated rings. The molecule has 0 N–H and O–H groups in total. The van der Waals surface area contributed by atoms with Gasteiger partial charge >= 0.3 is 0 Å². The molecule has 3 aromatic rings. The summed E-state index contributed by atoms with van der Waals surface area (Å²) in [5.41, 5.74) is 1.04. The minimum atomic E-state index is 0.100. The van der Waals surface area contributed by atoms with Gasteiger partial charge in [-0.3, -0.25) is 4.68 Å². The zero-order chi connectivity index (χ0) is 14.8. The summed E-state index contributed by atoms with van der Waals surface area (Å²) in [5.74, 6) is 0.768. The number of aryl methyl sites for hydroxylation is 1. The van der Waals surface area contributed by atoms with E-state index in [2.05, 4.69) is 30.1 Å². The molecule has 0 amide bonds. The van der Waals surface area contributed by atoms with E-state index >= 15 is 0 Å². The van der Waals surface area contributed by atoms with E-state index in [0.717, 1.165) is 5.56 Å². The van der Waals surface area contributed by atoms with Crippen LogP contribution in [0.25, 0.3) is 5.95 Å². The molecule has 0 saturated heterocycles. The Morgan fingerprint density at radius 2 is 2.10 bits per heavy atom. The van der Waals surface area contributed by atoms with Gasteiger partial charge in [-0.25, -0.2) is 4.98 Å². The molecule has 21 heavy (non-hydrogen) atoms. The highest BCUT2D eigenvalue weighted by Gasteiger charge is 2.12. The number of anilines is 1. The lowest BCUT2D eigenvalue weighted by Gasteiger charge is -2.16. The fourth-order valence-corrected chi connectivity index (χ4v) is 1.96. The molecule has 3 rings (SSSR count). The van der Waals surface area contributed by atoms with Crippen molar-refractivity contribution >= 4 is 17.5 Å². The maximum Gasteiger partial charge on any atom is 0.258 e. The van der Waals surface area contributed by atoms with Gasteiger partial charge in [-0.2, -0.15) is 29.8 Å². The van der Waals surface area contributed by atoms with Gasteiger partial charge in [0.1, 0.15) is 12.7 Å². The van der Waals surface area contributed by atoms with E-state index in [4.69, 9.17) is 11.6 Å². The molecule has 0 aromatic carbocycles. The van der Waals surface area contributed by atoms with Crippen LogP contribution in [0, 0.1) is 0 Å². The van der Waals surface area contributed by atoms with E-state index in [0.29, 0.717) is 18.4 Å². The van der Waals surface area contributed by atoms with Gasteiger partial charge in [0.2, 0.25) is 11.2 Å². The van der Waals surface area contributed by atoms with Crippen LogP contribution >= 0.6 is 11.6 Å². The van der Waals surface area contributed by atoms with Crippen molar-refractivity contribution in [1.29, 1.82) is 0 Å². The summed E-state index contributed by atoms with van der Waals surface area (Å²) in [5, 5.41) is 8.21. The molecule has 0 aliphatic carbocycles. The zero-order valence-electron chi connectivity index (χ0n) is 11.4. The van der Waals surface area contributed by atoms with E-state index in [1.54, 1.807) is 10.9 Å². The van der Waals surface area contributed by atoms with Crippen molar-refractivity contribution in [2.24, 2.45) is 7.05 Å². The van der Waals surface area contributed by atoms with Crippen molar-refractivity contribution in [3.63, 3.8) is 0 Å². The summed E-state index contributed by atoms with van der Waals surface area (Å²) in [6.07, 6.45) is 6.61. The number of rotatable bonds is 4. The van der Waals surface area contributed by atoms with E-state index in [9.17, 15) is 0 Å². The first kappa shape index (κ1) is 13.4. The van der Waals surface area contributed by atoms with Crippen molar-refractivity contribution < 1.29 is 0 Å². The summed E-state index contributed by atoms with van der Waals surface area (Å²) < 4.78 is 3.17. The second kappa shape index (κ2) is 5.44. The molecular formula is C11H12ClN9. The molecule has 0 spiro atoms. The number of halogens is 1. The van der Waals surface area contributed by atoms with E-state index in [1.807, 2.05) is 25.2 Å². The van der Waals surface area contributed by atoms with E-state index in [1.165, 1.54) is 17.3 Å². The van der Waals surface area contributed by atoms with Crippen LogP contribution < -0.4 is 4.90 Å². The number of nitrogens with zero attached hydrogens (tertiary/aromatic N) is 9. The van der Waals surface area contributed by atoms with Crippen LogP contribution in [0.2, 0.25) is 5.28 Å². The maximum atomic E-state index is 5.95. The highest BCUT2D eigenvalue weighted by atomic mass is 35.5. The second-order valence-electron chi connectivity index (χ2n) is 4.42. The third-order valence-electron chi connectivity index (χ3n) is 2.73. The largest absolute Gasteiger partial charge is 0.339 e. The number of aromatic nitrogens is 8. The third-order valence-corrected chi connectivity index (χ3v) is 2.90. The summed E-state index contributed by atoms with van der Waals surface area (Å²) in [6, 6.07) is 0. The molecule has 0 bridgehead atoms. The highest BCUT2D eigenvalue weighted by Crippen LogP contribution is 2.14. The molecule has 0 atom stereocenters. The molecule has 0 aliphatic heterocycles. The number of hydrogen-bond donors (Lipinski definition) is 0. The average Bonchev–Trinajstić information content (AvgIpc) is 3.10. The predicted molar refractivity (Wildman–Crippen MR) is 75.1 cm³/mol. The Bertz CT molecular complexity index is 736. The Kier molecular flexibility index (Phi) is 3.48. The second-order valence-corrected chi connectivity index (χ2v) is 4.76. The first-order chi connectivity index (χ1) is 10.1. The normalized spacial score (nSPS) is 10.8. The van der Waals surface area contributed by atoms with Crippen LogP contribution in [-0.2, 0) is 13.6 Å². The molecule has 3 heterocycles. The van der Waals surface area contributed by atoms with Gasteiger partial charge < -0.3 is 4.90 Å². The van der Waals surface area contributed by atoms with Gasteiger partial charge in [-0.15, -0.1) is 0 Å². The molecule has 0 aliphatic rings. The molecule has 108 valence electrons. The van der Waals surface area contributed by atoms with Gasteiger partial charge in [0.05, 0.1) is 6.20 Å². The van der Waals surface area contributed by atoms with E-state index in [-0.39, 0.29) is 5.28 Å². The quantitative estimate of drug-likeness (QED) is 0.692. The highest BCUT2D eigenvalue weighted by molar-refractivity contribution is 6.28. The topological polar surface area (TPSA) is 90.4 Å². The minimum absolute atomic E-state index is 0.100. The molecule has 3 aromatic heterocycles.